The molecular formula is C14H26. The molecule has 0 saturated heterocycles. The van der Waals surface area contributed by atoms with Crippen molar-refractivity contribution in [2.45, 2.75) is 71.1 Å². The van der Waals surface area contributed by atoms with Crippen LogP contribution in [0, 0.1) is 17.8 Å². The molecule has 0 aromatic carbocycles. The highest BCUT2D eigenvalue weighted by atomic mass is 14.4. The van der Waals surface area contributed by atoms with Gasteiger partial charge >= 0.3 is 0 Å². The highest BCUT2D eigenvalue weighted by Gasteiger charge is 2.31. The Kier molecular flexibility index (Phi) is 3.89. The first-order valence-electron chi connectivity index (χ1n) is 6.92. The van der Waals surface area contributed by atoms with Crippen LogP contribution in [-0.2, 0) is 0 Å². The van der Waals surface area contributed by atoms with Crippen molar-refractivity contribution in [3.8, 4) is 0 Å². The van der Waals surface area contributed by atoms with Crippen molar-refractivity contribution in [2.24, 2.45) is 17.8 Å². The van der Waals surface area contributed by atoms with Crippen molar-refractivity contribution in [1.82, 2.24) is 0 Å². The van der Waals surface area contributed by atoms with Crippen LogP contribution in [0.25, 0.3) is 0 Å². The first-order valence-corrected chi connectivity index (χ1v) is 6.92. The fourth-order valence-electron chi connectivity index (χ4n) is 3.93. The van der Waals surface area contributed by atoms with Crippen molar-refractivity contribution in [3.63, 3.8) is 0 Å². The second-order valence-electron chi connectivity index (χ2n) is 5.51. The predicted octanol–water partition coefficient (Wildman–Crippen LogP) is 4.78. The van der Waals surface area contributed by atoms with Gasteiger partial charge in [-0.3, -0.25) is 0 Å². The average Bonchev–Trinajstić information content (AvgIpc) is 2.30. The summed E-state index contributed by atoms with van der Waals surface area (Å²) in [7, 11) is 0. The Bertz CT molecular complexity index is 155. The van der Waals surface area contributed by atoms with E-state index in [1.54, 1.807) is 19.3 Å². The van der Waals surface area contributed by atoms with E-state index in [0.717, 1.165) is 17.8 Å². The predicted molar refractivity (Wildman–Crippen MR) is 62.3 cm³/mol. The van der Waals surface area contributed by atoms with E-state index in [2.05, 4.69) is 6.92 Å². The maximum absolute atomic E-state index is 2.41. The zero-order valence-electron chi connectivity index (χ0n) is 9.80. The van der Waals surface area contributed by atoms with Gasteiger partial charge in [0.2, 0.25) is 0 Å². The van der Waals surface area contributed by atoms with Crippen LogP contribution in [0.5, 0.6) is 0 Å². The van der Waals surface area contributed by atoms with Gasteiger partial charge in [0.1, 0.15) is 0 Å². The summed E-state index contributed by atoms with van der Waals surface area (Å²) in [6, 6.07) is 0. The van der Waals surface area contributed by atoms with Crippen LogP contribution in [0.4, 0.5) is 0 Å². The molecule has 82 valence electrons. The van der Waals surface area contributed by atoms with E-state index in [1.165, 1.54) is 44.9 Å². The molecule has 0 N–H and O–H groups in total. The second kappa shape index (κ2) is 5.19. The Labute approximate surface area is 89.5 Å². The third-order valence-corrected chi connectivity index (χ3v) is 4.75. The Morgan fingerprint density at radius 1 is 0.786 bits per heavy atom. The summed E-state index contributed by atoms with van der Waals surface area (Å²) in [6.45, 7) is 2.41. The summed E-state index contributed by atoms with van der Waals surface area (Å²) in [4.78, 5) is 0. The van der Waals surface area contributed by atoms with Crippen LogP contribution in [0.1, 0.15) is 71.1 Å². The van der Waals surface area contributed by atoms with Gasteiger partial charge in [-0.2, -0.15) is 0 Å². The van der Waals surface area contributed by atoms with Gasteiger partial charge < -0.3 is 0 Å². The lowest BCUT2D eigenvalue weighted by Crippen LogP contribution is -2.28. The Morgan fingerprint density at radius 2 is 1.43 bits per heavy atom. The van der Waals surface area contributed by atoms with Crippen LogP contribution in [0.2, 0.25) is 0 Å². The van der Waals surface area contributed by atoms with E-state index in [0.29, 0.717) is 0 Å². The molecule has 0 heteroatoms. The van der Waals surface area contributed by atoms with Crippen molar-refractivity contribution in [3.05, 3.63) is 0 Å². The standard InChI is InChI=1S/C14H26/c1-2-12-8-6-7-11-14(12)13-9-4-3-5-10-13/h12-14H,2-11H2,1H3/t12-,14+/m0/s1. The van der Waals surface area contributed by atoms with E-state index in [1.807, 2.05) is 0 Å². The van der Waals surface area contributed by atoms with E-state index < -0.39 is 0 Å². The van der Waals surface area contributed by atoms with Crippen LogP contribution in [0.15, 0.2) is 0 Å². The maximum atomic E-state index is 2.41. The monoisotopic (exact) mass is 194 g/mol. The molecule has 2 rings (SSSR count). The molecule has 2 saturated carbocycles. The molecule has 14 heavy (non-hydrogen) atoms. The molecule has 0 bridgehead atoms. The smallest absolute Gasteiger partial charge is 0.0358 e. The van der Waals surface area contributed by atoms with Gasteiger partial charge in [0.25, 0.3) is 0 Å². The minimum atomic E-state index is 1.09. The Hall–Kier alpha value is 0. The summed E-state index contributed by atoms with van der Waals surface area (Å²) in [5, 5.41) is 0. The normalized spacial score (nSPS) is 35.8. The van der Waals surface area contributed by atoms with Crippen molar-refractivity contribution in [1.29, 1.82) is 0 Å². The van der Waals surface area contributed by atoms with Gasteiger partial charge in [-0.05, 0) is 24.2 Å². The molecule has 0 unspecified atom stereocenters. The van der Waals surface area contributed by atoms with Gasteiger partial charge in [0.15, 0.2) is 0 Å². The fraction of sp³-hybridized carbons (Fsp3) is 1.00. The molecular weight excluding hydrogens is 168 g/mol. The molecule has 2 atom stereocenters. The maximum Gasteiger partial charge on any atom is -0.0358 e. The molecule has 0 aromatic heterocycles. The summed E-state index contributed by atoms with van der Waals surface area (Å²) < 4.78 is 0. The second-order valence-corrected chi connectivity index (χ2v) is 5.51. The minimum Gasteiger partial charge on any atom is -0.0651 e. The average molecular weight is 194 g/mol. The molecule has 0 aliphatic heterocycles. The minimum absolute atomic E-state index is 1.09. The summed E-state index contributed by atoms with van der Waals surface area (Å²) in [6.07, 6.45) is 15.3. The Morgan fingerprint density at radius 3 is 2.14 bits per heavy atom. The van der Waals surface area contributed by atoms with Gasteiger partial charge in [-0.15, -0.1) is 0 Å². The molecule has 0 radical (unpaired) electrons. The molecule has 2 aliphatic carbocycles. The van der Waals surface area contributed by atoms with Gasteiger partial charge in [-0.1, -0.05) is 64.7 Å². The quantitative estimate of drug-likeness (QED) is 0.593. The highest BCUT2D eigenvalue weighted by molar-refractivity contribution is 4.82. The third kappa shape index (κ3) is 2.32. The lowest BCUT2D eigenvalue weighted by atomic mass is 9.67. The summed E-state index contributed by atoms with van der Waals surface area (Å²) in [5.74, 6) is 3.33. The van der Waals surface area contributed by atoms with Crippen LogP contribution in [0.3, 0.4) is 0 Å². The highest BCUT2D eigenvalue weighted by Crippen LogP contribution is 2.42. The van der Waals surface area contributed by atoms with Crippen LogP contribution < -0.4 is 0 Å². The van der Waals surface area contributed by atoms with Crippen molar-refractivity contribution in [2.75, 3.05) is 0 Å². The van der Waals surface area contributed by atoms with E-state index in [-0.39, 0.29) is 0 Å². The SMILES string of the molecule is CC[C@H]1CCCC[C@H]1C1CCCCC1. The number of hydrogen-bond donors (Lipinski definition) is 0. The molecule has 0 heterocycles. The zero-order valence-corrected chi connectivity index (χ0v) is 9.80. The number of rotatable bonds is 2. The lowest BCUT2D eigenvalue weighted by molar-refractivity contribution is 0.125. The van der Waals surface area contributed by atoms with Crippen LogP contribution >= 0.6 is 0 Å². The first-order chi connectivity index (χ1) is 6.92. The Balaban J connectivity index is 1.91. The van der Waals surface area contributed by atoms with Crippen molar-refractivity contribution >= 4 is 0 Å². The summed E-state index contributed by atoms with van der Waals surface area (Å²) in [5.41, 5.74) is 0. The van der Waals surface area contributed by atoms with Gasteiger partial charge in [0.05, 0.1) is 0 Å². The van der Waals surface area contributed by atoms with Gasteiger partial charge in [-0.25, -0.2) is 0 Å². The van der Waals surface area contributed by atoms with Gasteiger partial charge in [0, 0.05) is 0 Å². The largest absolute Gasteiger partial charge is 0.0651 e. The zero-order chi connectivity index (χ0) is 9.80. The van der Waals surface area contributed by atoms with Crippen LogP contribution in [-0.4, -0.2) is 0 Å². The topological polar surface area (TPSA) is 0 Å². The van der Waals surface area contributed by atoms with E-state index >= 15 is 0 Å². The third-order valence-electron chi connectivity index (χ3n) is 4.75. The molecule has 2 fully saturated rings. The lowest BCUT2D eigenvalue weighted by Gasteiger charge is -2.38. The molecule has 0 spiro atoms. The molecule has 0 nitrogen and oxygen atoms in total. The molecule has 0 amide bonds. The molecule has 0 aromatic rings. The first kappa shape index (κ1) is 10.5. The van der Waals surface area contributed by atoms with Crippen molar-refractivity contribution < 1.29 is 0 Å². The summed E-state index contributed by atoms with van der Waals surface area (Å²) >= 11 is 0. The number of hydrogen-bond acceptors (Lipinski definition) is 0. The van der Waals surface area contributed by atoms with E-state index in [4.69, 9.17) is 0 Å². The molecule has 2 aliphatic rings. The fourth-order valence-corrected chi connectivity index (χ4v) is 3.93. The van der Waals surface area contributed by atoms with E-state index in [9.17, 15) is 0 Å².